The largest absolute Gasteiger partial charge is 0.339 e. The maximum Gasteiger partial charge on any atom is 0.230 e. The second kappa shape index (κ2) is 7.40. The first-order valence-corrected chi connectivity index (χ1v) is 7.59. The third kappa shape index (κ3) is 4.31. The number of hydrogen-bond acceptors (Lipinski definition) is 5. The minimum absolute atomic E-state index is 0.201. The van der Waals surface area contributed by atoms with Crippen molar-refractivity contribution in [2.75, 3.05) is 13.1 Å². The first-order valence-electron chi connectivity index (χ1n) is 6.60. The van der Waals surface area contributed by atoms with E-state index in [2.05, 4.69) is 22.4 Å². The zero-order valence-corrected chi connectivity index (χ0v) is 12.4. The SMILES string of the molecule is CCNCC(C)c1nc(CSc2ccc(F)cc2)no1. The molecule has 0 bridgehead atoms. The fourth-order valence-electron chi connectivity index (χ4n) is 1.65. The molecule has 0 fully saturated rings. The van der Waals surface area contributed by atoms with Gasteiger partial charge in [0.25, 0.3) is 0 Å². The molecule has 0 aliphatic carbocycles. The second-order valence-electron chi connectivity index (χ2n) is 4.50. The van der Waals surface area contributed by atoms with Gasteiger partial charge in [-0.25, -0.2) is 4.39 Å². The van der Waals surface area contributed by atoms with Crippen molar-refractivity contribution >= 4 is 11.8 Å². The van der Waals surface area contributed by atoms with Crippen LogP contribution < -0.4 is 5.32 Å². The number of hydrogen-bond donors (Lipinski definition) is 1. The fraction of sp³-hybridized carbons (Fsp3) is 0.429. The molecule has 1 N–H and O–H groups in total. The topological polar surface area (TPSA) is 51.0 Å². The van der Waals surface area contributed by atoms with Crippen LogP contribution in [-0.4, -0.2) is 23.2 Å². The second-order valence-corrected chi connectivity index (χ2v) is 5.55. The highest BCUT2D eigenvalue weighted by Crippen LogP contribution is 2.22. The van der Waals surface area contributed by atoms with Crippen molar-refractivity contribution in [2.24, 2.45) is 0 Å². The minimum Gasteiger partial charge on any atom is -0.339 e. The summed E-state index contributed by atoms with van der Waals surface area (Å²) in [5, 5.41) is 7.22. The maximum absolute atomic E-state index is 12.8. The van der Waals surface area contributed by atoms with Gasteiger partial charge in [0.1, 0.15) is 5.82 Å². The summed E-state index contributed by atoms with van der Waals surface area (Å²) in [4.78, 5) is 5.37. The number of halogens is 1. The summed E-state index contributed by atoms with van der Waals surface area (Å²) < 4.78 is 18.0. The van der Waals surface area contributed by atoms with E-state index in [9.17, 15) is 4.39 Å². The Balaban J connectivity index is 1.87. The molecular formula is C14H18FN3OS. The Bertz CT molecular complexity index is 529. The van der Waals surface area contributed by atoms with E-state index in [4.69, 9.17) is 4.52 Å². The monoisotopic (exact) mass is 295 g/mol. The van der Waals surface area contributed by atoms with Crippen molar-refractivity contribution < 1.29 is 8.91 Å². The molecule has 2 rings (SSSR count). The van der Waals surface area contributed by atoms with Crippen LogP contribution in [0.25, 0.3) is 0 Å². The van der Waals surface area contributed by atoms with Gasteiger partial charge in [0.15, 0.2) is 5.82 Å². The van der Waals surface area contributed by atoms with Crippen LogP contribution in [-0.2, 0) is 5.75 Å². The average Bonchev–Trinajstić information content (AvgIpc) is 2.93. The fourth-order valence-corrected chi connectivity index (χ4v) is 2.39. The van der Waals surface area contributed by atoms with Crippen LogP contribution in [0, 0.1) is 5.82 Å². The Kier molecular flexibility index (Phi) is 5.55. The van der Waals surface area contributed by atoms with Gasteiger partial charge in [-0.05, 0) is 30.8 Å². The third-order valence-electron chi connectivity index (χ3n) is 2.79. The van der Waals surface area contributed by atoms with Crippen LogP contribution >= 0.6 is 11.8 Å². The van der Waals surface area contributed by atoms with Crippen molar-refractivity contribution in [1.29, 1.82) is 0 Å². The molecule has 0 spiro atoms. The molecule has 20 heavy (non-hydrogen) atoms. The van der Waals surface area contributed by atoms with Crippen LogP contribution in [0.2, 0.25) is 0 Å². The predicted octanol–water partition coefficient (Wildman–Crippen LogP) is 3.21. The highest BCUT2D eigenvalue weighted by atomic mass is 32.2. The van der Waals surface area contributed by atoms with Gasteiger partial charge in [0, 0.05) is 17.4 Å². The van der Waals surface area contributed by atoms with E-state index in [0.29, 0.717) is 17.5 Å². The molecule has 1 atom stereocenters. The Morgan fingerprint density at radius 2 is 2.10 bits per heavy atom. The molecule has 4 nitrogen and oxygen atoms in total. The van der Waals surface area contributed by atoms with Crippen molar-refractivity contribution in [2.45, 2.75) is 30.4 Å². The Morgan fingerprint density at radius 1 is 1.35 bits per heavy atom. The first kappa shape index (κ1) is 15.0. The van der Waals surface area contributed by atoms with Gasteiger partial charge in [0.2, 0.25) is 5.89 Å². The standard InChI is InChI=1S/C14H18FN3OS/c1-3-16-8-10(2)14-17-13(18-19-14)9-20-12-6-4-11(15)5-7-12/h4-7,10,16H,3,8-9H2,1-2H3. The molecule has 0 amide bonds. The van der Waals surface area contributed by atoms with E-state index in [1.165, 1.54) is 12.1 Å². The molecule has 1 unspecified atom stereocenters. The van der Waals surface area contributed by atoms with Gasteiger partial charge in [0.05, 0.1) is 5.75 Å². The summed E-state index contributed by atoms with van der Waals surface area (Å²) in [6.07, 6.45) is 0. The van der Waals surface area contributed by atoms with Gasteiger partial charge >= 0.3 is 0 Å². The molecule has 0 radical (unpaired) electrons. The van der Waals surface area contributed by atoms with Gasteiger partial charge in [-0.15, -0.1) is 11.8 Å². The Morgan fingerprint density at radius 3 is 2.80 bits per heavy atom. The summed E-state index contributed by atoms with van der Waals surface area (Å²) in [5.41, 5.74) is 0. The lowest BCUT2D eigenvalue weighted by atomic mass is 10.2. The normalized spacial score (nSPS) is 12.6. The lowest BCUT2D eigenvalue weighted by molar-refractivity contribution is 0.352. The average molecular weight is 295 g/mol. The number of likely N-dealkylation sites (N-methyl/N-ethyl adjacent to an activating group) is 1. The number of aromatic nitrogens is 2. The number of rotatable bonds is 7. The number of nitrogens with zero attached hydrogens (tertiary/aromatic N) is 2. The van der Waals surface area contributed by atoms with Gasteiger partial charge in [-0.1, -0.05) is 19.0 Å². The summed E-state index contributed by atoms with van der Waals surface area (Å²) >= 11 is 1.56. The van der Waals surface area contributed by atoms with Crippen LogP contribution in [0.5, 0.6) is 0 Å². The van der Waals surface area contributed by atoms with Gasteiger partial charge in [-0.2, -0.15) is 4.98 Å². The van der Waals surface area contributed by atoms with Crippen molar-refractivity contribution in [3.05, 3.63) is 41.8 Å². The molecule has 0 aliphatic rings. The molecule has 6 heteroatoms. The molecule has 1 aromatic heterocycles. The van der Waals surface area contributed by atoms with Crippen molar-refractivity contribution in [1.82, 2.24) is 15.5 Å². The summed E-state index contributed by atoms with van der Waals surface area (Å²) in [7, 11) is 0. The zero-order chi connectivity index (χ0) is 14.4. The number of nitrogens with one attached hydrogen (secondary N) is 1. The van der Waals surface area contributed by atoms with Crippen LogP contribution in [0.15, 0.2) is 33.7 Å². The third-order valence-corrected chi connectivity index (χ3v) is 3.80. The molecule has 108 valence electrons. The zero-order valence-electron chi connectivity index (χ0n) is 11.6. The molecule has 1 heterocycles. The van der Waals surface area contributed by atoms with E-state index < -0.39 is 0 Å². The predicted molar refractivity (Wildman–Crippen MR) is 77.2 cm³/mol. The lowest BCUT2D eigenvalue weighted by Crippen LogP contribution is -2.19. The maximum atomic E-state index is 12.8. The van der Waals surface area contributed by atoms with Gasteiger partial charge in [-0.3, -0.25) is 0 Å². The number of thioether (sulfide) groups is 1. The molecular weight excluding hydrogens is 277 g/mol. The summed E-state index contributed by atoms with van der Waals surface area (Å²) in [6.45, 7) is 5.85. The molecule has 0 aliphatic heterocycles. The molecule has 2 aromatic rings. The molecule has 0 saturated heterocycles. The highest BCUT2D eigenvalue weighted by Gasteiger charge is 2.13. The van der Waals surface area contributed by atoms with E-state index >= 15 is 0 Å². The van der Waals surface area contributed by atoms with E-state index in [1.807, 2.05) is 6.92 Å². The minimum atomic E-state index is -0.228. The number of benzene rings is 1. The van der Waals surface area contributed by atoms with Crippen molar-refractivity contribution in [3.63, 3.8) is 0 Å². The lowest BCUT2D eigenvalue weighted by Gasteiger charge is -2.05. The summed E-state index contributed by atoms with van der Waals surface area (Å²) in [6, 6.07) is 6.38. The van der Waals surface area contributed by atoms with Crippen LogP contribution in [0.3, 0.4) is 0 Å². The smallest absolute Gasteiger partial charge is 0.230 e. The molecule has 0 saturated carbocycles. The molecule has 1 aromatic carbocycles. The van der Waals surface area contributed by atoms with Crippen LogP contribution in [0.1, 0.15) is 31.5 Å². The van der Waals surface area contributed by atoms with E-state index in [0.717, 1.165) is 18.0 Å². The van der Waals surface area contributed by atoms with Gasteiger partial charge < -0.3 is 9.84 Å². The van der Waals surface area contributed by atoms with Crippen molar-refractivity contribution in [3.8, 4) is 0 Å². The quantitative estimate of drug-likeness (QED) is 0.795. The Labute approximate surface area is 122 Å². The Hall–Kier alpha value is -1.40. The van der Waals surface area contributed by atoms with Crippen LogP contribution in [0.4, 0.5) is 4.39 Å². The summed E-state index contributed by atoms with van der Waals surface area (Å²) in [5.74, 6) is 1.90. The first-order chi connectivity index (χ1) is 9.69. The van der Waals surface area contributed by atoms with E-state index in [-0.39, 0.29) is 11.7 Å². The van der Waals surface area contributed by atoms with E-state index in [1.54, 1.807) is 23.9 Å². The highest BCUT2D eigenvalue weighted by molar-refractivity contribution is 7.98.